The highest BCUT2D eigenvalue weighted by atomic mass is 16.6. The van der Waals surface area contributed by atoms with Crippen LogP contribution in [0.4, 0.5) is 0 Å². The van der Waals surface area contributed by atoms with Crippen LogP contribution in [0.1, 0.15) is 18.2 Å². The van der Waals surface area contributed by atoms with Crippen molar-refractivity contribution in [3.63, 3.8) is 0 Å². The maximum atomic E-state index is 11.9. The summed E-state index contributed by atoms with van der Waals surface area (Å²) in [5, 5.41) is 3.55. The Labute approximate surface area is 142 Å². The molecule has 1 fully saturated rings. The van der Waals surface area contributed by atoms with Crippen molar-refractivity contribution in [1.29, 1.82) is 0 Å². The van der Waals surface area contributed by atoms with Crippen molar-refractivity contribution in [1.82, 2.24) is 9.55 Å². The maximum absolute atomic E-state index is 11.9. The summed E-state index contributed by atoms with van der Waals surface area (Å²) in [6.45, 7) is 0.486. The van der Waals surface area contributed by atoms with Crippen molar-refractivity contribution in [3.05, 3.63) is 79.4 Å². The lowest BCUT2D eigenvalue weighted by molar-refractivity contribution is -0.0385. The minimum absolute atomic E-state index is 0.102. The molecule has 1 aliphatic heterocycles. The quantitative estimate of drug-likeness (QED) is 0.487. The molecular weight excluding hydrogens is 326 g/mol. The fraction of sp³-hybridized carbons (Fsp3) is 0.375. The van der Waals surface area contributed by atoms with E-state index in [0.717, 1.165) is 5.56 Å². The number of azide groups is 1. The normalized spacial score (nSPS) is 22.5. The molecule has 0 amide bonds. The van der Waals surface area contributed by atoms with Crippen molar-refractivity contribution in [2.24, 2.45) is 5.11 Å². The molecule has 1 aromatic heterocycles. The van der Waals surface area contributed by atoms with Crippen LogP contribution in [0.3, 0.4) is 0 Å². The van der Waals surface area contributed by atoms with Gasteiger partial charge in [-0.3, -0.25) is 14.3 Å². The number of hydrogen-bond donors (Lipinski definition) is 1. The number of rotatable bonds is 6. The Morgan fingerprint density at radius 3 is 2.84 bits per heavy atom. The fourth-order valence-corrected chi connectivity index (χ4v) is 2.76. The zero-order chi connectivity index (χ0) is 17.6. The molecule has 0 radical (unpaired) electrons. The molecule has 3 atom stereocenters. The predicted molar refractivity (Wildman–Crippen MR) is 88.9 cm³/mol. The van der Waals surface area contributed by atoms with Gasteiger partial charge < -0.3 is 9.47 Å². The van der Waals surface area contributed by atoms with E-state index < -0.39 is 23.6 Å². The van der Waals surface area contributed by atoms with E-state index >= 15 is 0 Å². The lowest BCUT2D eigenvalue weighted by atomic mass is 10.1. The Kier molecular flexibility index (Phi) is 5.30. The third kappa shape index (κ3) is 4.16. The first-order chi connectivity index (χ1) is 12.2. The van der Waals surface area contributed by atoms with Gasteiger partial charge in [-0.1, -0.05) is 35.4 Å². The fourth-order valence-electron chi connectivity index (χ4n) is 2.76. The molecule has 2 aromatic rings. The van der Waals surface area contributed by atoms with Crippen molar-refractivity contribution >= 4 is 0 Å². The van der Waals surface area contributed by atoms with Crippen LogP contribution in [0.2, 0.25) is 0 Å². The Balaban J connectivity index is 1.74. The lowest BCUT2D eigenvalue weighted by Gasteiger charge is -2.17. The van der Waals surface area contributed by atoms with E-state index in [0.29, 0.717) is 13.0 Å². The SMILES string of the molecule is [N-]=[N+]=NC[C@H]1O[C@@H](n2ccc(=O)[nH]c2=O)C[C@@H]1OCc1ccccc1. The molecule has 25 heavy (non-hydrogen) atoms. The van der Waals surface area contributed by atoms with Crippen LogP contribution >= 0.6 is 0 Å². The first-order valence-corrected chi connectivity index (χ1v) is 7.80. The topological polar surface area (TPSA) is 122 Å². The number of benzene rings is 1. The standard InChI is InChI=1S/C16H17N5O4/c17-20-18-9-13-12(24-10-11-4-2-1-3-5-11)8-15(25-13)21-7-6-14(22)19-16(21)23/h1-7,12-13,15H,8-10H2,(H,19,22,23)/t12-,13+,15+/m0/s1. The zero-order valence-corrected chi connectivity index (χ0v) is 13.3. The molecular formula is C16H17N5O4. The van der Waals surface area contributed by atoms with Crippen LogP contribution in [0.15, 0.2) is 57.3 Å². The number of nitrogens with one attached hydrogen (secondary N) is 1. The molecule has 2 heterocycles. The summed E-state index contributed by atoms with van der Waals surface area (Å²) in [4.78, 5) is 28.1. The van der Waals surface area contributed by atoms with Crippen molar-refractivity contribution < 1.29 is 9.47 Å². The smallest absolute Gasteiger partial charge is 0.330 e. The summed E-state index contributed by atoms with van der Waals surface area (Å²) in [5.41, 5.74) is 8.53. The summed E-state index contributed by atoms with van der Waals surface area (Å²) >= 11 is 0. The molecule has 9 nitrogen and oxygen atoms in total. The number of nitrogens with zero attached hydrogens (tertiary/aromatic N) is 4. The van der Waals surface area contributed by atoms with E-state index in [-0.39, 0.29) is 12.6 Å². The van der Waals surface area contributed by atoms with Crippen LogP contribution < -0.4 is 11.2 Å². The van der Waals surface area contributed by atoms with E-state index in [1.165, 1.54) is 16.8 Å². The molecule has 1 aromatic carbocycles. The highest BCUT2D eigenvalue weighted by molar-refractivity contribution is 5.13. The van der Waals surface area contributed by atoms with Gasteiger partial charge in [0.25, 0.3) is 5.56 Å². The molecule has 0 aliphatic carbocycles. The lowest BCUT2D eigenvalue weighted by Crippen LogP contribution is -2.31. The van der Waals surface area contributed by atoms with E-state index in [4.69, 9.17) is 15.0 Å². The summed E-state index contributed by atoms with van der Waals surface area (Å²) in [7, 11) is 0. The monoisotopic (exact) mass is 343 g/mol. The van der Waals surface area contributed by atoms with Crippen LogP contribution in [-0.4, -0.2) is 28.3 Å². The minimum Gasteiger partial charge on any atom is -0.371 e. The van der Waals surface area contributed by atoms with Gasteiger partial charge >= 0.3 is 5.69 Å². The van der Waals surface area contributed by atoms with Gasteiger partial charge in [-0.2, -0.15) is 0 Å². The van der Waals surface area contributed by atoms with Gasteiger partial charge in [0, 0.05) is 23.6 Å². The molecule has 1 N–H and O–H groups in total. The molecule has 3 rings (SSSR count). The van der Waals surface area contributed by atoms with Crippen LogP contribution in [0.5, 0.6) is 0 Å². The van der Waals surface area contributed by atoms with Crippen molar-refractivity contribution in [3.8, 4) is 0 Å². The largest absolute Gasteiger partial charge is 0.371 e. The molecule has 0 saturated carbocycles. The van der Waals surface area contributed by atoms with Gasteiger partial charge in [-0.05, 0) is 11.1 Å². The minimum atomic E-state index is -0.594. The number of aromatic amines is 1. The first kappa shape index (κ1) is 17.0. The molecule has 1 saturated heterocycles. The third-order valence-electron chi connectivity index (χ3n) is 3.97. The van der Waals surface area contributed by atoms with Gasteiger partial charge in [0.2, 0.25) is 0 Å². The average Bonchev–Trinajstić information content (AvgIpc) is 3.02. The Bertz CT molecular complexity index is 872. The number of H-pyrrole nitrogens is 1. The average molecular weight is 343 g/mol. The zero-order valence-electron chi connectivity index (χ0n) is 13.3. The first-order valence-electron chi connectivity index (χ1n) is 7.80. The van der Waals surface area contributed by atoms with Gasteiger partial charge in [0.1, 0.15) is 6.23 Å². The van der Waals surface area contributed by atoms with Gasteiger partial charge in [-0.15, -0.1) is 0 Å². The third-order valence-corrected chi connectivity index (χ3v) is 3.97. The maximum Gasteiger partial charge on any atom is 0.330 e. The van der Waals surface area contributed by atoms with Crippen LogP contribution in [0.25, 0.3) is 10.4 Å². The predicted octanol–water partition coefficient (Wildman–Crippen LogP) is 1.72. The summed E-state index contributed by atoms with van der Waals surface area (Å²) in [6.07, 6.45) is 0.391. The molecule has 0 unspecified atom stereocenters. The second-order valence-electron chi connectivity index (χ2n) is 5.63. The van der Waals surface area contributed by atoms with E-state index in [2.05, 4.69) is 15.0 Å². The van der Waals surface area contributed by atoms with Gasteiger partial charge in [0.15, 0.2) is 0 Å². The summed E-state index contributed by atoms with van der Waals surface area (Å²) in [5.74, 6) is 0. The van der Waals surface area contributed by atoms with Gasteiger partial charge in [-0.25, -0.2) is 4.79 Å². The Hall–Kier alpha value is -2.87. The van der Waals surface area contributed by atoms with E-state index in [9.17, 15) is 9.59 Å². The Morgan fingerprint density at radius 2 is 2.12 bits per heavy atom. The van der Waals surface area contributed by atoms with E-state index in [1.807, 2.05) is 30.3 Å². The highest BCUT2D eigenvalue weighted by Crippen LogP contribution is 2.30. The highest BCUT2D eigenvalue weighted by Gasteiger charge is 2.37. The van der Waals surface area contributed by atoms with Crippen molar-refractivity contribution in [2.45, 2.75) is 31.5 Å². The second-order valence-corrected chi connectivity index (χ2v) is 5.63. The molecule has 1 aliphatic rings. The Morgan fingerprint density at radius 1 is 1.32 bits per heavy atom. The summed E-state index contributed by atoms with van der Waals surface area (Å²) < 4.78 is 13.0. The molecule has 9 heteroatoms. The molecule has 0 bridgehead atoms. The van der Waals surface area contributed by atoms with Crippen LogP contribution in [0, 0.1) is 0 Å². The molecule has 130 valence electrons. The van der Waals surface area contributed by atoms with Crippen molar-refractivity contribution in [2.75, 3.05) is 6.54 Å². The summed E-state index contributed by atoms with van der Waals surface area (Å²) in [6, 6.07) is 10.9. The number of aromatic nitrogens is 2. The molecule has 0 spiro atoms. The number of hydrogen-bond acceptors (Lipinski definition) is 5. The van der Waals surface area contributed by atoms with E-state index in [1.54, 1.807) is 0 Å². The van der Waals surface area contributed by atoms with Gasteiger partial charge in [0.05, 0.1) is 25.4 Å². The van der Waals surface area contributed by atoms with Crippen LogP contribution in [-0.2, 0) is 16.1 Å². The second kappa shape index (κ2) is 7.80. The number of ether oxygens (including phenoxy) is 2.